The number of piperazine rings is 1. The van der Waals surface area contributed by atoms with Gasteiger partial charge in [0.1, 0.15) is 0 Å². The molecule has 1 saturated heterocycles. The number of nitrogens with zero attached hydrogens (tertiary/aromatic N) is 2. The fourth-order valence-electron chi connectivity index (χ4n) is 2.68. The molecule has 19 heavy (non-hydrogen) atoms. The Bertz CT molecular complexity index is 472. The maximum Gasteiger partial charge on any atom is 0.241 e. The summed E-state index contributed by atoms with van der Waals surface area (Å²) in [6, 6.07) is 6.63. The number of carbonyl (C=O) groups excluding carboxylic acids is 1. The first kappa shape index (κ1) is 14.0. The SMILES string of the molecule is CNCC1CN(c2ccc(C)cc2C)C(=O)CN1C. The Balaban J connectivity index is 2.25. The normalized spacial score (nSPS) is 20.9. The van der Waals surface area contributed by atoms with E-state index in [0.29, 0.717) is 12.6 Å². The van der Waals surface area contributed by atoms with Gasteiger partial charge in [-0.1, -0.05) is 17.7 Å². The van der Waals surface area contributed by atoms with Crippen LogP contribution in [-0.2, 0) is 4.79 Å². The lowest BCUT2D eigenvalue weighted by atomic mass is 10.1. The molecule has 1 unspecified atom stereocenters. The molecule has 1 fully saturated rings. The number of likely N-dealkylation sites (N-methyl/N-ethyl adjacent to an activating group) is 2. The van der Waals surface area contributed by atoms with Gasteiger partial charge < -0.3 is 10.2 Å². The molecule has 2 rings (SSSR count). The van der Waals surface area contributed by atoms with Gasteiger partial charge in [0.25, 0.3) is 0 Å². The summed E-state index contributed by atoms with van der Waals surface area (Å²) in [4.78, 5) is 16.3. The first-order valence-corrected chi connectivity index (χ1v) is 6.75. The zero-order valence-corrected chi connectivity index (χ0v) is 12.2. The summed E-state index contributed by atoms with van der Waals surface area (Å²) in [5, 5.41) is 3.20. The number of rotatable bonds is 3. The van der Waals surface area contributed by atoms with Crippen LogP contribution in [-0.4, -0.2) is 50.6 Å². The quantitative estimate of drug-likeness (QED) is 0.887. The third-order valence-corrected chi connectivity index (χ3v) is 3.79. The Hall–Kier alpha value is -1.39. The summed E-state index contributed by atoms with van der Waals surface area (Å²) in [6.07, 6.45) is 0. The van der Waals surface area contributed by atoms with Crippen molar-refractivity contribution in [3.8, 4) is 0 Å². The van der Waals surface area contributed by atoms with E-state index in [1.807, 2.05) is 19.0 Å². The van der Waals surface area contributed by atoms with Crippen LogP contribution in [0.4, 0.5) is 5.69 Å². The van der Waals surface area contributed by atoms with Gasteiger partial charge in [-0.2, -0.15) is 0 Å². The predicted molar refractivity (Wildman–Crippen MR) is 78.6 cm³/mol. The molecule has 0 aliphatic carbocycles. The molecule has 1 aromatic carbocycles. The molecule has 1 amide bonds. The molecule has 1 aliphatic heterocycles. The monoisotopic (exact) mass is 261 g/mol. The first-order valence-electron chi connectivity index (χ1n) is 6.75. The van der Waals surface area contributed by atoms with Crippen LogP contribution in [0.3, 0.4) is 0 Å². The summed E-state index contributed by atoms with van der Waals surface area (Å²) in [6.45, 7) is 6.28. The number of aryl methyl sites for hydroxylation is 2. The zero-order chi connectivity index (χ0) is 14.0. The summed E-state index contributed by atoms with van der Waals surface area (Å²) in [5.41, 5.74) is 3.44. The molecule has 1 aromatic rings. The Morgan fingerprint density at radius 1 is 1.37 bits per heavy atom. The van der Waals surface area contributed by atoms with Gasteiger partial charge in [-0.05, 0) is 39.6 Å². The van der Waals surface area contributed by atoms with E-state index in [4.69, 9.17) is 0 Å². The Morgan fingerprint density at radius 2 is 2.11 bits per heavy atom. The van der Waals surface area contributed by atoms with Crippen molar-refractivity contribution in [3.63, 3.8) is 0 Å². The highest BCUT2D eigenvalue weighted by Crippen LogP contribution is 2.24. The van der Waals surface area contributed by atoms with Gasteiger partial charge in [-0.15, -0.1) is 0 Å². The minimum absolute atomic E-state index is 0.182. The third kappa shape index (κ3) is 2.96. The van der Waals surface area contributed by atoms with Gasteiger partial charge in [-0.25, -0.2) is 0 Å². The van der Waals surface area contributed by atoms with Crippen molar-refractivity contribution < 1.29 is 4.79 Å². The van der Waals surface area contributed by atoms with Crippen molar-refractivity contribution >= 4 is 11.6 Å². The predicted octanol–water partition coefficient (Wildman–Crippen LogP) is 1.17. The van der Waals surface area contributed by atoms with Crippen LogP contribution >= 0.6 is 0 Å². The molecule has 1 atom stereocenters. The van der Waals surface area contributed by atoms with E-state index in [1.54, 1.807) is 0 Å². The molecule has 0 radical (unpaired) electrons. The summed E-state index contributed by atoms with van der Waals surface area (Å²) in [5.74, 6) is 0.182. The van der Waals surface area contributed by atoms with E-state index >= 15 is 0 Å². The standard InChI is InChI=1S/C15H23N3O/c1-11-5-6-14(12(2)7-11)18-9-13(8-16-3)17(4)10-15(18)19/h5-7,13,16H,8-10H2,1-4H3. The van der Waals surface area contributed by atoms with Crippen molar-refractivity contribution in [2.45, 2.75) is 19.9 Å². The van der Waals surface area contributed by atoms with Crippen molar-refractivity contribution in [2.24, 2.45) is 0 Å². The van der Waals surface area contributed by atoms with E-state index in [9.17, 15) is 4.79 Å². The molecule has 0 spiro atoms. The molecule has 0 bridgehead atoms. The Kier molecular flexibility index (Phi) is 4.22. The fourth-order valence-corrected chi connectivity index (χ4v) is 2.68. The number of amides is 1. The van der Waals surface area contributed by atoms with E-state index in [2.05, 4.69) is 42.3 Å². The van der Waals surface area contributed by atoms with Gasteiger partial charge in [0.2, 0.25) is 5.91 Å². The minimum Gasteiger partial charge on any atom is -0.318 e. The van der Waals surface area contributed by atoms with Gasteiger partial charge in [0.15, 0.2) is 0 Å². The van der Waals surface area contributed by atoms with E-state index in [1.165, 1.54) is 11.1 Å². The molecule has 4 heteroatoms. The molecule has 4 nitrogen and oxygen atoms in total. The van der Waals surface area contributed by atoms with Crippen LogP contribution in [0.2, 0.25) is 0 Å². The number of hydrogen-bond donors (Lipinski definition) is 1. The zero-order valence-electron chi connectivity index (χ0n) is 12.2. The van der Waals surface area contributed by atoms with Gasteiger partial charge >= 0.3 is 0 Å². The molecule has 0 aromatic heterocycles. The number of anilines is 1. The highest BCUT2D eigenvalue weighted by molar-refractivity contribution is 5.96. The second kappa shape index (κ2) is 5.72. The highest BCUT2D eigenvalue weighted by atomic mass is 16.2. The lowest BCUT2D eigenvalue weighted by Crippen LogP contribution is -2.57. The first-order chi connectivity index (χ1) is 9.02. The molecule has 0 saturated carbocycles. The number of benzene rings is 1. The highest BCUT2D eigenvalue weighted by Gasteiger charge is 2.30. The molecule has 104 valence electrons. The second-order valence-corrected chi connectivity index (χ2v) is 5.42. The van der Waals surface area contributed by atoms with Gasteiger partial charge in [0.05, 0.1) is 6.54 Å². The lowest BCUT2D eigenvalue weighted by molar-refractivity contribution is -0.121. The Labute approximate surface area is 115 Å². The summed E-state index contributed by atoms with van der Waals surface area (Å²) < 4.78 is 0. The van der Waals surface area contributed by atoms with Crippen LogP contribution in [0.1, 0.15) is 11.1 Å². The van der Waals surface area contributed by atoms with Crippen molar-refractivity contribution in [1.29, 1.82) is 0 Å². The smallest absolute Gasteiger partial charge is 0.241 e. The van der Waals surface area contributed by atoms with E-state index in [0.717, 1.165) is 18.8 Å². The van der Waals surface area contributed by atoms with Crippen LogP contribution in [0.15, 0.2) is 18.2 Å². The number of nitrogens with one attached hydrogen (secondary N) is 1. The number of carbonyl (C=O) groups is 1. The van der Waals surface area contributed by atoms with Gasteiger partial charge in [0, 0.05) is 24.8 Å². The fraction of sp³-hybridized carbons (Fsp3) is 0.533. The van der Waals surface area contributed by atoms with Crippen molar-refractivity contribution in [1.82, 2.24) is 10.2 Å². The summed E-state index contributed by atoms with van der Waals surface area (Å²) in [7, 11) is 3.96. The average molecular weight is 261 g/mol. The van der Waals surface area contributed by atoms with Crippen molar-refractivity contribution in [2.75, 3.05) is 38.6 Å². The number of hydrogen-bond acceptors (Lipinski definition) is 3. The largest absolute Gasteiger partial charge is 0.318 e. The summed E-state index contributed by atoms with van der Waals surface area (Å²) >= 11 is 0. The minimum atomic E-state index is 0.182. The van der Waals surface area contributed by atoms with Crippen LogP contribution in [0.25, 0.3) is 0 Å². The molecule has 1 N–H and O–H groups in total. The maximum absolute atomic E-state index is 12.3. The van der Waals surface area contributed by atoms with E-state index in [-0.39, 0.29) is 5.91 Å². The maximum atomic E-state index is 12.3. The molecule has 1 aliphatic rings. The Morgan fingerprint density at radius 3 is 2.74 bits per heavy atom. The molecular formula is C15H23N3O. The second-order valence-electron chi connectivity index (χ2n) is 5.42. The average Bonchev–Trinajstić information content (AvgIpc) is 2.34. The third-order valence-electron chi connectivity index (χ3n) is 3.79. The molecular weight excluding hydrogens is 238 g/mol. The van der Waals surface area contributed by atoms with E-state index < -0.39 is 0 Å². The van der Waals surface area contributed by atoms with Crippen LogP contribution in [0, 0.1) is 13.8 Å². The van der Waals surface area contributed by atoms with Crippen molar-refractivity contribution in [3.05, 3.63) is 29.3 Å². The molecule has 1 heterocycles. The lowest BCUT2D eigenvalue weighted by Gasteiger charge is -2.39. The van der Waals surface area contributed by atoms with Crippen LogP contribution < -0.4 is 10.2 Å². The van der Waals surface area contributed by atoms with Gasteiger partial charge in [-0.3, -0.25) is 9.69 Å². The van der Waals surface area contributed by atoms with Crippen LogP contribution in [0.5, 0.6) is 0 Å². The topological polar surface area (TPSA) is 35.6 Å².